The Morgan fingerprint density at radius 2 is 1.94 bits per heavy atom. The minimum Gasteiger partial charge on any atom is -0.316 e. The van der Waals surface area contributed by atoms with E-state index in [1.807, 2.05) is 45.0 Å². The fraction of sp³-hybridized carbons (Fsp3) is 0.538. The summed E-state index contributed by atoms with van der Waals surface area (Å²) in [7, 11) is -3.23. The van der Waals surface area contributed by atoms with E-state index in [2.05, 4.69) is 10.0 Å². The maximum absolute atomic E-state index is 11.8. The molecule has 0 spiro atoms. The molecule has 1 rings (SSSR count). The third-order valence-corrected chi connectivity index (χ3v) is 4.26. The normalized spacial score (nSPS) is 13.5. The number of aryl methyl sites for hydroxylation is 1. The van der Waals surface area contributed by atoms with Gasteiger partial charge in [-0.25, -0.2) is 13.1 Å². The quantitative estimate of drug-likeness (QED) is 0.740. The largest absolute Gasteiger partial charge is 0.316 e. The van der Waals surface area contributed by atoms with Crippen LogP contribution in [-0.4, -0.2) is 27.3 Å². The van der Waals surface area contributed by atoms with Crippen LogP contribution >= 0.6 is 0 Å². The smallest absolute Gasteiger partial charge is 0.213 e. The molecule has 102 valence electrons. The van der Waals surface area contributed by atoms with E-state index in [4.69, 9.17) is 0 Å². The Labute approximate surface area is 110 Å². The lowest BCUT2D eigenvalue weighted by Gasteiger charge is -2.16. The second kappa shape index (κ2) is 6.87. The van der Waals surface area contributed by atoms with E-state index >= 15 is 0 Å². The van der Waals surface area contributed by atoms with Gasteiger partial charge in [-0.15, -0.1) is 0 Å². The summed E-state index contributed by atoms with van der Waals surface area (Å²) in [6, 6.07) is 7.61. The van der Waals surface area contributed by atoms with Crippen LogP contribution in [0.15, 0.2) is 24.3 Å². The van der Waals surface area contributed by atoms with E-state index in [9.17, 15) is 8.42 Å². The monoisotopic (exact) mass is 270 g/mol. The SMILES string of the molecule is CCNCCS(=O)(=O)NC(C)c1ccccc1C. The van der Waals surface area contributed by atoms with E-state index in [1.54, 1.807) is 0 Å². The predicted octanol–water partition coefficient (Wildman–Crippen LogP) is 1.58. The van der Waals surface area contributed by atoms with Crippen LogP contribution in [0.1, 0.15) is 31.0 Å². The van der Waals surface area contributed by atoms with Crippen LogP contribution in [0.3, 0.4) is 0 Å². The van der Waals surface area contributed by atoms with Crippen molar-refractivity contribution in [3.63, 3.8) is 0 Å². The van der Waals surface area contributed by atoms with Crippen LogP contribution in [0, 0.1) is 6.92 Å². The Kier molecular flexibility index (Phi) is 5.78. The lowest BCUT2D eigenvalue weighted by Crippen LogP contribution is -2.33. The van der Waals surface area contributed by atoms with E-state index in [-0.39, 0.29) is 11.8 Å². The van der Waals surface area contributed by atoms with E-state index in [0.717, 1.165) is 17.7 Å². The number of hydrogen-bond acceptors (Lipinski definition) is 3. The fourth-order valence-electron chi connectivity index (χ4n) is 1.85. The minimum absolute atomic E-state index is 0.108. The highest BCUT2D eigenvalue weighted by Crippen LogP contribution is 2.17. The molecule has 0 radical (unpaired) electrons. The molecule has 0 heterocycles. The molecule has 1 atom stereocenters. The fourth-order valence-corrected chi connectivity index (χ4v) is 3.04. The summed E-state index contributed by atoms with van der Waals surface area (Å²) in [5, 5.41) is 3.01. The molecule has 0 saturated carbocycles. The standard InChI is InChI=1S/C13H22N2O2S/c1-4-14-9-10-18(16,17)15-12(3)13-8-6-5-7-11(13)2/h5-8,12,14-15H,4,9-10H2,1-3H3. The third-order valence-electron chi connectivity index (χ3n) is 2.81. The molecule has 4 nitrogen and oxygen atoms in total. The molecule has 0 fully saturated rings. The molecule has 5 heteroatoms. The van der Waals surface area contributed by atoms with Crippen molar-refractivity contribution in [1.29, 1.82) is 0 Å². The number of rotatable bonds is 7. The Bertz CT molecular complexity index is 472. The van der Waals surface area contributed by atoms with E-state index in [1.165, 1.54) is 0 Å². The van der Waals surface area contributed by atoms with Gasteiger partial charge in [0.05, 0.1) is 5.75 Å². The van der Waals surface area contributed by atoms with Crippen molar-refractivity contribution < 1.29 is 8.42 Å². The van der Waals surface area contributed by atoms with E-state index < -0.39 is 10.0 Å². The Morgan fingerprint density at radius 3 is 2.56 bits per heavy atom. The van der Waals surface area contributed by atoms with Gasteiger partial charge in [-0.05, 0) is 31.5 Å². The zero-order chi connectivity index (χ0) is 13.6. The maximum Gasteiger partial charge on any atom is 0.213 e. The van der Waals surface area contributed by atoms with Crippen LogP contribution in [0.4, 0.5) is 0 Å². The first-order valence-corrected chi connectivity index (χ1v) is 7.87. The zero-order valence-corrected chi connectivity index (χ0v) is 12.0. The number of hydrogen-bond donors (Lipinski definition) is 2. The van der Waals surface area contributed by atoms with Gasteiger partial charge < -0.3 is 5.32 Å². The van der Waals surface area contributed by atoms with Crippen molar-refractivity contribution in [1.82, 2.24) is 10.0 Å². The van der Waals surface area contributed by atoms with Gasteiger partial charge in [0.25, 0.3) is 0 Å². The summed E-state index contributed by atoms with van der Waals surface area (Å²) in [5.74, 6) is 0.108. The summed E-state index contributed by atoms with van der Waals surface area (Å²) in [4.78, 5) is 0. The van der Waals surface area contributed by atoms with Gasteiger partial charge >= 0.3 is 0 Å². The number of nitrogens with one attached hydrogen (secondary N) is 2. The summed E-state index contributed by atoms with van der Waals surface area (Å²) < 4.78 is 26.4. The summed E-state index contributed by atoms with van der Waals surface area (Å²) >= 11 is 0. The Hall–Kier alpha value is -0.910. The molecular weight excluding hydrogens is 248 g/mol. The van der Waals surface area contributed by atoms with Crippen molar-refractivity contribution in [2.45, 2.75) is 26.8 Å². The molecule has 1 unspecified atom stereocenters. The average Bonchev–Trinajstić information content (AvgIpc) is 2.29. The molecule has 0 bridgehead atoms. The van der Waals surface area contributed by atoms with Crippen molar-refractivity contribution in [3.8, 4) is 0 Å². The molecule has 0 amide bonds. The first-order valence-electron chi connectivity index (χ1n) is 6.22. The topological polar surface area (TPSA) is 58.2 Å². The molecular formula is C13H22N2O2S. The van der Waals surface area contributed by atoms with Crippen LogP contribution < -0.4 is 10.0 Å². The second-order valence-corrected chi connectivity index (χ2v) is 6.24. The van der Waals surface area contributed by atoms with Crippen molar-refractivity contribution in [3.05, 3.63) is 35.4 Å². The van der Waals surface area contributed by atoms with Gasteiger partial charge in [0, 0.05) is 12.6 Å². The molecule has 0 aromatic heterocycles. The molecule has 0 aliphatic rings. The van der Waals surface area contributed by atoms with Gasteiger partial charge in [0.1, 0.15) is 0 Å². The molecule has 0 aliphatic heterocycles. The molecule has 18 heavy (non-hydrogen) atoms. The molecule has 2 N–H and O–H groups in total. The van der Waals surface area contributed by atoms with Gasteiger partial charge in [-0.2, -0.15) is 0 Å². The highest BCUT2D eigenvalue weighted by Gasteiger charge is 2.16. The zero-order valence-electron chi connectivity index (χ0n) is 11.2. The lowest BCUT2D eigenvalue weighted by atomic mass is 10.0. The first-order chi connectivity index (χ1) is 8.46. The average molecular weight is 270 g/mol. The third kappa shape index (κ3) is 4.76. The number of benzene rings is 1. The number of sulfonamides is 1. The highest BCUT2D eigenvalue weighted by molar-refractivity contribution is 7.89. The minimum atomic E-state index is -3.23. The molecule has 0 saturated heterocycles. The summed E-state index contributed by atoms with van der Waals surface area (Å²) in [5.41, 5.74) is 2.11. The predicted molar refractivity (Wildman–Crippen MR) is 75.1 cm³/mol. The van der Waals surface area contributed by atoms with E-state index in [0.29, 0.717) is 6.54 Å². The van der Waals surface area contributed by atoms with Crippen LogP contribution in [-0.2, 0) is 10.0 Å². The van der Waals surface area contributed by atoms with Gasteiger partial charge in [-0.1, -0.05) is 31.2 Å². The van der Waals surface area contributed by atoms with Gasteiger partial charge in [0.15, 0.2) is 0 Å². The van der Waals surface area contributed by atoms with Crippen molar-refractivity contribution >= 4 is 10.0 Å². The first kappa shape index (κ1) is 15.1. The molecule has 1 aromatic carbocycles. The van der Waals surface area contributed by atoms with Crippen LogP contribution in [0.5, 0.6) is 0 Å². The Morgan fingerprint density at radius 1 is 1.28 bits per heavy atom. The second-order valence-electron chi connectivity index (χ2n) is 4.37. The Balaban J connectivity index is 2.64. The molecule has 0 aliphatic carbocycles. The van der Waals surface area contributed by atoms with Crippen LogP contribution in [0.25, 0.3) is 0 Å². The van der Waals surface area contributed by atoms with Gasteiger partial charge in [0.2, 0.25) is 10.0 Å². The summed E-state index contributed by atoms with van der Waals surface area (Å²) in [6.07, 6.45) is 0. The summed E-state index contributed by atoms with van der Waals surface area (Å²) in [6.45, 7) is 7.07. The van der Waals surface area contributed by atoms with Gasteiger partial charge in [-0.3, -0.25) is 0 Å². The lowest BCUT2D eigenvalue weighted by molar-refractivity contribution is 0.563. The molecule has 1 aromatic rings. The van der Waals surface area contributed by atoms with Crippen molar-refractivity contribution in [2.75, 3.05) is 18.8 Å². The van der Waals surface area contributed by atoms with Crippen LogP contribution in [0.2, 0.25) is 0 Å². The maximum atomic E-state index is 11.8. The highest BCUT2D eigenvalue weighted by atomic mass is 32.2. The van der Waals surface area contributed by atoms with Crippen molar-refractivity contribution in [2.24, 2.45) is 0 Å².